The highest BCUT2D eigenvalue weighted by Gasteiger charge is 2.25. The average molecular weight is 458 g/mol. The van der Waals surface area contributed by atoms with Crippen molar-refractivity contribution in [3.63, 3.8) is 0 Å². The number of aromatic amines is 1. The highest BCUT2D eigenvalue weighted by atomic mass is 32.2. The Morgan fingerprint density at radius 1 is 1.26 bits per heavy atom. The van der Waals surface area contributed by atoms with Crippen LogP contribution in [-0.2, 0) is 22.2 Å². The van der Waals surface area contributed by atoms with Crippen molar-refractivity contribution < 1.29 is 12.8 Å². The maximum Gasteiger partial charge on any atom is 0.234 e. The molecule has 3 aromatic rings. The third-order valence-corrected chi connectivity index (χ3v) is 7.63. The van der Waals surface area contributed by atoms with Crippen LogP contribution in [0.1, 0.15) is 47.0 Å². The molecule has 0 amide bonds. The summed E-state index contributed by atoms with van der Waals surface area (Å²) in [7, 11) is -3.63. The zero-order chi connectivity index (χ0) is 21.8. The van der Waals surface area contributed by atoms with Crippen molar-refractivity contribution >= 4 is 27.9 Å². The van der Waals surface area contributed by atoms with E-state index >= 15 is 0 Å². The Morgan fingerprint density at radius 2 is 2.06 bits per heavy atom. The second-order valence-electron chi connectivity index (χ2n) is 7.65. The normalized spacial score (nSPS) is 17.5. The first kappa shape index (κ1) is 21.8. The first-order valence-corrected chi connectivity index (χ1v) is 12.8. The summed E-state index contributed by atoms with van der Waals surface area (Å²) in [5, 5.41) is 8.62. The van der Waals surface area contributed by atoms with Crippen molar-refractivity contribution in [2.75, 3.05) is 5.75 Å². The monoisotopic (exact) mass is 457 g/mol. The summed E-state index contributed by atoms with van der Waals surface area (Å²) >= 11 is 1.78. The molecule has 2 N–H and O–H groups in total. The van der Waals surface area contributed by atoms with Gasteiger partial charge in [0.25, 0.3) is 0 Å². The molecular weight excluding hydrogens is 433 g/mol. The second-order valence-corrected chi connectivity index (χ2v) is 10.3. The molecule has 1 aromatic heterocycles. The van der Waals surface area contributed by atoms with Gasteiger partial charge in [-0.05, 0) is 42.7 Å². The van der Waals surface area contributed by atoms with Crippen LogP contribution in [0.5, 0.6) is 0 Å². The number of thioether (sulfide) groups is 1. The zero-order valence-corrected chi connectivity index (χ0v) is 18.7. The van der Waals surface area contributed by atoms with Crippen LogP contribution in [0, 0.1) is 5.82 Å². The quantitative estimate of drug-likeness (QED) is 0.536. The van der Waals surface area contributed by atoms with Gasteiger partial charge in [0.2, 0.25) is 10.0 Å². The van der Waals surface area contributed by atoms with Gasteiger partial charge in [-0.25, -0.2) is 17.5 Å². The molecule has 5 nitrogen and oxygen atoms in total. The van der Waals surface area contributed by atoms with E-state index in [0.29, 0.717) is 12.1 Å². The Labute approximate surface area is 186 Å². The number of sulfonamides is 1. The van der Waals surface area contributed by atoms with Gasteiger partial charge in [0.05, 0.1) is 5.69 Å². The van der Waals surface area contributed by atoms with Gasteiger partial charge < -0.3 is 0 Å². The van der Waals surface area contributed by atoms with E-state index in [9.17, 15) is 12.8 Å². The number of hydrogen-bond acceptors (Lipinski definition) is 4. The van der Waals surface area contributed by atoms with Gasteiger partial charge in [0.15, 0.2) is 0 Å². The van der Waals surface area contributed by atoms with Crippen molar-refractivity contribution in [1.29, 1.82) is 0 Å². The van der Waals surface area contributed by atoms with Crippen molar-refractivity contribution in [2.45, 2.75) is 31.1 Å². The second kappa shape index (κ2) is 9.38. The molecule has 2 aromatic carbocycles. The van der Waals surface area contributed by atoms with E-state index in [0.717, 1.165) is 33.9 Å². The minimum absolute atomic E-state index is 0.179. The van der Waals surface area contributed by atoms with Crippen LogP contribution >= 0.6 is 11.8 Å². The van der Waals surface area contributed by atoms with Gasteiger partial charge in [-0.15, -0.1) is 0 Å². The number of fused-ring (bicyclic) bond motifs is 1. The van der Waals surface area contributed by atoms with Crippen LogP contribution in [-0.4, -0.2) is 24.4 Å². The lowest BCUT2D eigenvalue weighted by molar-refractivity contribution is 0.576. The maximum absolute atomic E-state index is 13.5. The molecule has 1 unspecified atom stereocenters. The van der Waals surface area contributed by atoms with Crippen LogP contribution in [0.4, 0.5) is 4.39 Å². The van der Waals surface area contributed by atoms with Gasteiger partial charge in [0.1, 0.15) is 5.82 Å². The van der Waals surface area contributed by atoms with E-state index in [4.69, 9.17) is 0 Å². The SMILES string of the molecule is C[C@@H](NS(=O)(=O)/C=C/c1n[nH]c2c1CSCC2Cc1cccc(F)c1)c1ccccc1. The molecule has 0 saturated heterocycles. The van der Waals surface area contributed by atoms with Gasteiger partial charge >= 0.3 is 0 Å². The summed E-state index contributed by atoms with van der Waals surface area (Å²) in [6.45, 7) is 1.81. The molecule has 0 bridgehead atoms. The van der Waals surface area contributed by atoms with E-state index in [-0.39, 0.29) is 17.8 Å². The molecule has 4 rings (SSSR count). The lowest BCUT2D eigenvalue weighted by Crippen LogP contribution is -2.24. The Balaban J connectivity index is 1.48. The van der Waals surface area contributed by atoms with Gasteiger partial charge in [-0.2, -0.15) is 16.9 Å². The number of nitrogens with zero attached hydrogens (tertiary/aromatic N) is 1. The number of aromatic nitrogens is 2. The summed E-state index contributed by atoms with van der Waals surface area (Å²) in [6, 6.07) is 15.7. The van der Waals surface area contributed by atoms with Gasteiger partial charge in [0, 0.05) is 40.1 Å². The summed E-state index contributed by atoms with van der Waals surface area (Å²) in [5.41, 5.74) is 4.48. The van der Waals surface area contributed by atoms with Crippen LogP contribution in [0.25, 0.3) is 6.08 Å². The van der Waals surface area contributed by atoms with Crippen LogP contribution in [0.3, 0.4) is 0 Å². The van der Waals surface area contributed by atoms with E-state index < -0.39 is 10.0 Å². The molecule has 0 fully saturated rings. The lowest BCUT2D eigenvalue weighted by Gasteiger charge is -2.22. The van der Waals surface area contributed by atoms with Crippen molar-refractivity contribution in [3.05, 3.63) is 93.9 Å². The highest BCUT2D eigenvalue weighted by Crippen LogP contribution is 2.36. The molecule has 8 heteroatoms. The molecule has 162 valence electrons. The standard InChI is InChI=1S/C23H24FN3O2S2/c1-16(18-7-3-2-4-8-18)27-31(28,29)11-10-22-21-15-30-14-19(23(21)26-25-22)12-17-6-5-9-20(24)13-17/h2-11,13,16,19,27H,12,14-15H2,1H3,(H,25,26)/b11-10+/t16-,19?/m1/s1. The molecule has 1 aliphatic rings. The summed E-state index contributed by atoms with van der Waals surface area (Å²) in [6.07, 6.45) is 2.25. The van der Waals surface area contributed by atoms with Crippen molar-refractivity contribution in [2.24, 2.45) is 0 Å². The minimum atomic E-state index is -3.63. The topological polar surface area (TPSA) is 74.8 Å². The molecule has 2 heterocycles. The Bertz CT molecular complexity index is 1180. The molecule has 0 radical (unpaired) electrons. The average Bonchev–Trinajstić information content (AvgIpc) is 3.17. The Kier molecular flexibility index (Phi) is 6.60. The number of H-pyrrole nitrogens is 1. The maximum atomic E-state index is 13.5. The number of nitrogens with one attached hydrogen (secondary N) is 2. The predicted molar refractivity (Wildman–Crippen MR) is 124 cm³/mol. The first-order chi connectivity index (χ1) is 14.9. The van der Waals surface area contributed by atoms with Crippen LogP contribution in [0.2, 0.25) is 0 Å². The summed E-state index contributed by atoms with van der Waals surface area (Å²) in [5.74, 6) is 1.61. The molecule has 31 heavy (non-hydrogen) atoms. The highest BCUT2D eigenvalue weighted by molar-refractivity contribution is 7.98. The number of benzene rings is 2. The number of halogens is 1. The van der Waals surface area contributed by atoms with Crippen molar-refractivity contribution in [1.82, 2.24) is 14.9 Å². The Morgan fingerprint density at radius 3 is 2.84 bits per heavy atom. The first-order valence-electron chi connectivity index (χ1n) is 10.1. The van der Waals surface area contributed by atoms with Crippen LogP contribution in [0.15, 0.2) is 60.0 Å². The number of hydrogen-bond donors (Lipinski definition) is 2. The third-order valence-electron chi connectivity index (χ3n) is 5.32. The molecule has 0 spiro atoms. The van der Waals surface area contributed by atoms with E-state index in [1.54, 1.807) is 30.0 Å². The van der Waals surface area contributed by atoms with Gasteiger partial charge in [-0.1, -0.05) is 42.5 Å². The fourth-order valence-corrected chi connectivity index (χ4v) is 5.98. The molecule has 1 aliphatic heterocycles. The smallest absolute Gasteiger partial charge is 0.234 e. The molecule has 2 atom stereocenters. The largest absolute Gasteiger partial charge is 0.281 e. The van der Waals surface area contributed by atoms with E-state index in [1.165, 1.54) is 11.5 Å². The Hall–Kier alpha value is -2.42. The molecule has 0 aliphatic carbocycles. The number of rotatable bonds is 7. The summed E-state index contributed by atoms with van der Waals surface area (Å²) < 4.78 is 41.3. The molecular formula is C23H24FN3O2S2. The fourth-order valence-electron chi connectivity index (χ4n) is 3.77. The van der Waals surface area contributed by atoms with Crippen LogP contribution < -0.4 is 4.72 Å². The predicted octanol–water partition coefficient (Wildman–Crippen LogP) is 4.77. The summed E-state index contributed by atoms with van der Waals surface area (Å²) in [4.78, 5) is 0. The van der Waals surface area contributed by atoms with E-state index in [2.05, 4.69) is 14.9 Å². The lowest BCUT2D eigenvalue weighted by atomic mass is 9.94. The zero-order valence-electron chi connectivity index (χ0n) is 17.1. The minimum Gasteiger partial charge on any atom is -0.281 e. The van der Waals surface area contributed by atoms with Crippen molar-refractivity contribution in [3.8, 4) is 0 Å². The third kappa shape index (κ3) is 5.44. The molecule has 0 saturated carbocycles. The van der Waals surface area contributed by atoms with Gasteiger partial charge in [-0.3, -0.25) is 5.10 Å². The fraction of sp³-hybridized carbons (Fsp3) is 0.261. The van der Waals surface area contributed by atoms with E-state index in [1.807, 2.05) is 43.3 Å².